The number of aryl methyl sites for hydroxylation is 2. The normalized spacial score (nSPS) is 14.8. The zero-order valence-electron chi connectivity index (χ0n) is 20.1. The van der Waals surface area contributed by atoms with E-state index in [0.29, 0.717) is 13.1 Å². The Labute approximate surface area is 205 Å². The predicted molar refractivity (Wildman–Crippen MR) is 137 cm³/mol. The summed E-state index contributed by atoms with van der Waals surface area (Å²) in [5.41, 5.74) is 4.64. The molecule has 2 aromatic heterocycles. The van der Waals surface area contributed by atoms with Crippen LogP contribution in [-0.4, -0.2) is 52.7 Å². The van der Waals surface area contributed by atoms with Crippen LogP contribution < -0.4 is 10.6 Å². The number of carbonyl (C=O) groups is 2. The van der Waals surface area contributed by atoms with Crippen molar-refractivity contribution in [2.24, 2.45) is 5.92 Å². The zero-order valence-corrected chi connectivity index (χ0v) is 21.0. The highest BCUT2D eigenvalue weighted by molar-refractivity contribution is 7.09. The molecule has 3 aromatic rings. The first-order valence-corrected chi connectivity index (χ1v) is 12.7. The summed E-state index contributed by atoms with van der Waals surface area (Å²) in [4.78, 5) is 28.7. The van der Waals surface area contributed by atoms with Crippen LogP contribution in [0.4, 0.5) is 5.69 Å². The van der Waals surface area contributed by atoms with Crippen LogP contribution in [0.2, 0.25) is 0 Å². The maximum absolute atomic E-state index is 12.8. The molecule has 0 bridgehead atoms. The monoisotopic (exact) mass is 479 g/mol. The van der Waals surface area contributed by atoms with Crippen LogP contribution in [0, 0.1) is 26.7 Å². The minimum atomic E-state index is -0.0477. The molecule has 4 rings (SSSR count). The lowest BCUT2D eigenvalue weighted by atomic mass is 9.96. The molecule has 0 saturated carbocycles. The number of benzene rings is 1. The molecule has 0 spiro atoms. The number of likely N-dealkylation sites (tertiary alicyclic amines) is 1. The number of hydrogen-bond donors (Lipinski definition) is 2. The Morgan fingerprint density at radius 2 is 1.82 bits per heavy atom. The van der Waals surface area contributed by atoms with E-state index in [1.807, 2.05) is 36.7 Å². The smallest absolute Gasteiger partial charge is 0.238 e. The van der Waals surface area contributed by atoms with Crippen LogP contribution in [-0.2, 0) is 16.0 Å². The molecule has 0 aliphatic carbocycles. The summed E-state index contributed by atoms with van der Waals surface area (Å²) in [5.74, 6) is 0.115. The largest absolute Gasteiger partial charge is 0.355 e. The molecular weight excluding hydrogens is 446 g/mol. The first-order chi connectivity index (χ1) is 16.4. The van der Waals surface area contributed by atoms with Crippen molar-refractivity contribution in [1.82, 2.24) is 20.0 Å². The molecule has 2 amide bonds. The first-order valence-electron chi connectivity index (χ1n) is 11.9. The van der Waals surface area contributed by atoms with Crippen molar-refractivity contribution in [2.75, 3.05) is 31.5 Å². The molecule has 1 aromatic carbocycles. The SMILES string of the molecule is Cc1ccc(-n2nc(C)c(NC(=O)CN3CCC(C(=O)NCCc4cccs4)CC3)c2C)cc1. The molecule has 3 heterocycles. The number of aromatic nitrogens is 2. The Kier molecular flexibility index (Phi) is 7.80. The second-order valence-electron chi connectivity index (χ2n) is 9.01. The summed E-state index contributed by atoms with van der Waals surface area (Å²) >= 11 is 1.72. The Morgan fingerprint density at radius 3 is 2.50 bits per heavy atom. The maximum Gasteiger partial charge on any atom is 0.238 e. The molecule has 0 unspecified atom stereocenters. The number of nitrogens with one attached hydrogen (secondary N) is 2. The lowest BCUT2D eigenvalue weighted by molar-refractivity contribution is -0.126. The van der Waals surface area contributed by atoms with E-state index in [4.69, 9.17) is 0 Å². The summed E-state index contributed by atoms with van der Waals surface area (Å²) < 4.78 is 1.87. The highest BCUT2D eigenvalue weighted by Gasteiger charge is 2.26. The lowest BCUT2D eigenvalue weighted by Crippen LogP contribution is -2.43. The molecule has 1 aliphatic heterocycles. The van der Waals surface area contributed by atoms with Crippen molar-refractivity contribution < 1.29 is 9.59 Å². The molecule has 1 fully saturated rings. The van der Waals surface area contributed by atoms with Gasteiger partial charge in [0.15, 0.2) is 0 Å². The van der Waals surface area contributed by atoms with E-state index in [0.717, 1.165) is 55.1 Å². The van der Waals surface area contributed by atoms with Gasteiger partial charge in [0, 0.05) is 17.3 Å². The standard InChI is InChI=1S/C26H33N5O2S/c1-18-6-8-22(9-7-18)31-20(3)25(19(2)29-31)28-24(32)17-30-14-11-21(12-15-30)26(33)27-13-10-23-5-4-16-34-23/h4-9,16,21H,10-15,17H2,1-3H3,(H,27,33)(H,28,32). The van der Waals surface area contributed by atoms with Crippen molar-refractivity contribution in [3.05, 3.63) is 63.6 Å². The summed E-state index contributed by atoms with van der Waals surface area (Å²) in [6.45, 7) is 8.43. The maximum atomic E-state index is 12.8. The number of nitrogens with zero attached hydrogens (tertiary/aromatic N) is 3. The second kappa shape index (κ2) is 11.0. The lowest BCUT2D eigenvalue weighted by Gasteiger charge is -2.30. The average Bonchev–Trinajstić information content (AvgIpc) is 3.44. The van der Waals surface area contributed by atoms with Crippen molar-refractivity contribution in [3.8, 4) is 5.69 Å². The molecule has 0 radical (unpaired) electrons. The van der Waals surface area contributed by atoms with Gasteiger partial charge < -0.3 is 10.6 Å². The molecule has 1 saturated heterocycles. The number of anilines is 1. The van der Waals surface area contributed by atoms with Gasteiger partial charge >= 0.3 is 0 Å². The molecule has 1 aliphatic rings. The fraction of sp³-hybridized carbons (Fsp3) is 0.423. The van der Waals surface area contributed by atoms with Crippen LogP contribution >= 0.6 is 11.3 Å². The van der Waals surface area contributed by atoms with E-state index in [1.165, 1.54) is 10.4 Å². The Hall–Kier alpha value is -2.97. The van der Waals surface area contributed by atoms with E-state index in [9.17, 15) is 9.59 Å². The van der Waals surface area contributed by atoms with Gasteiger partial charge in [0.1, 0.15) is 0 Å². The quantitative estimate of drug-likeness (QED) is 0.514. The summed E-state index contributed by atoms with van der Waals surface area (Å²) in [5, 5.41) is 12.8. The third-order valence-electron chi connectivity index (χ3n) is 6.41. The van der Waals surface area contributed by atoms with Crippen molar-refractivity contribution in [2.45, 2.75) is 40.0 Å². The molecule has 0 atom stereocenters. The minimum absolute atomic E-state index is 0.0277. The minimum Gasteiger partial charge on any atom is -0.355 e. The number of hydrogen-bond acceptors (Lipinski definition) is 5. The Bertz CT molecular complexity index is 1110. The van der Waals surface area contributed by atoms with Gasteiger partial charge in [-0.05, 0) is 76.7 Å². The first kappa shape index (κ1) is 24.2. The molecule has 7 nitrogen and oxygen atoms in total. The van der Waals surface area contributed by atoms with Crippen LogP contribution in [0.25, 0.3) is 5.69 Å². The number of carbonyl (C=O) groups excluding carboxylic acids is 2. The summed E-state index contributed by atoms with van der Waals surface area (Å²) in [7, 11) is 0. The molecular formula is C26H33N5O2S. The number of thiophene rings is 1. The van der Waals surface area contributed by atoms with Crippen molar-refractivity contribution in [3.63, 3.8) is 0 Å². The number of amides is 2. The predicted octanol–water partition coefficient (Wildman–Crippen LogP) is 3.87. The zero-order chi connectivity index (χ0) is 24.1. The topological polar surface area (TPSA) is 79.3 Å². The second-order valence-corrected chi connectivity index (χ2v) is 10.0. The van der Waals surface area contributed by atoms with Crippen LogP contribution in [0.3, 0.4) is 0 Å². The van der Waals surface area contributed by atoms with Crippen molar-refractivity contribution >= 4 is 28.8 Å². The van der Waals surface area contributed by atoms with Gasteiger partial charge in [-0.3, -0.25) is 14.5 Å². The summed E-state index contributed by atoms with van der Waals surface area (Å²) in [6.07, 6.45) is 2.44. The fourth-order valence-electron chi connectivity index (χ4n) is 4.40. The highest BCUT2D eigenvalue weighted by atomic mass is 32.1. The van der Waals surface area contributed by atoms with Crippen LogP contribution in [0.5, 0.6) is 0 Å². The van der Waals surface area contributed by atoms with Gasteiger partial charge in [0.25, 0.3) is 0 Å². The van der Waals surface area contributed by atoms with Gasteiger partial charge in [0.05, 0.1) is 29.3 Å². The van der Waals surface area contributed by atoms with Gasteiger partial charge in [0.2, 0.25) is 11.8 Å². The van der Waals surface area contributed by atoms with Crippen molar-refractivity contribution in [1.29, 1.82) is 0 Å². The van der Waals surface area contributed by atoms with Gasteiger partial charge in [-0.15, -0.1) is 11.3 Å². The van der Waals surface area contributed by atoms with E-state index in [2.05, 4.69) is 51.1 Å². The van der Waals surface area contributed by atoms with Gasteiger partial charge in [-0.1, -0.05) is 23.8 Å². The average molecular weight is 480 g/mol. The van der Waals surface area contributed by atoms with Gasteiger partial charge in [-0.2, -0.15) is 5.10 Å². The molecule has 34 heavy (non-hydrogen) atoms. The van der Waals surface area contributed by atoms with E-state index in [-0.39, 0.29) is 17.7 Å². The van der Waals surface area contributed by atoms with E-state index in [1.54, 1.807) is 11.3 Å². The molecule has 180 valence electrons. The molecule has 2 N–H and O–H groups in total. The highest BCUT2D eigenvalue weighted by Crippen LogP contribution is 2.23. The fourth-order valence-corrected chi connectivity index (χ4v) is 5.11. The van der Waals surface area contributed by atoms with Crippen LogP contribution in [0.15, 0.2) is 41.8 Å². The summed E-state index contributed by atoms with van der Waals surface area (Å²) in [6, 6.07) is 12.3. The Balaban J connectivity index is 1.24. The third kappa shape index (κ3) is 5.93. The number of piperidine rings is 1. The third-order valence-corrected chi connectivity index (χ3v) is 7.35. The van der Waals surface area contributed by atoms with Gasteiger partial charge in [-0.25, -0.2) is 4.68 Å². The molecule has 8 heteroatoms. The van der Waals surface area contributed by atoms with Crippen LogP contribution in [0.1, 0.15) is 34.7 Å². The Morgan fingerprint density at radius 1 is 1.09 bits per heavy atom. The van der Waals surface area contributed by atoms with E-state index >= 15 is 0 Å². The van der Waals surface area contributed by atoms with E-state index < -0.39 is 0 Å². The number of rotatable bonds is 8.